The Balaban J connectivity index is 1.67. The lowest BCUT2D eigenvalue weighted by Crippen LogP contribution is -2.17. The van der Waals surface area contributed by atoms with Crippen LogP contribution in [0.15, 0.2) is 35.2 Å². The van der Waals surface area contributed by atoms with Gasteiger partial charge in [0.25, 0.3) is 5.91 Å². The van der Waals surface area contributed by atoms with Crippen LogP contribution in [0, 0.1) is 13.8 Å². The van der Waals surface area contributed by atoms with Crippen molar-refractivity contribution in [1.29, 1.82) is 0 Å². The summed E-state index contributed by atoms with van der Waals surface area (Å²) in [7, 11) is 1.54. The van der Waals surface area contributed by atoms with Crippen LogP contribution in [0.2, 0.25) is 5.02 Å². The molecule has 0 radical (unpaired) electrons. The van der Waals surface area contributed by atoms with Gasteiger partial charge in [-0.1, -0.05) is 53.3 Å². The number of benzene rings is 2. The molecule has 0 aromatic heterocycles. The third kappa shape index (κ3) is 5.44. The molecule has 0 saturated carbocycles. The van der Waals surface area contributed by atoms with E-state index in [1.54, 1.807) is 18.2 Å². The Bertz CT molecular complexity index is 991. The molecule has 29 heavy (non-hydrogen) atoms. The van der Waals surface area contributed by atoms with E-state index in [2.05, 4.69) is 11.4 Å². The highest BCUT2D eigenvalue weighted by Crippen LogP contribution is 2.38. The third-order valence-corrected chi connectivity index (χ3v) is 5.55. The fourth-order valence-corrected chi connectivity index (χ4v) is 4.11. The van der Waals surface area contributed by atoms with Crippen molar-refractivity contribution in [3.8, 4) is 17.2 Å². The van der Waals surface area contributed by atoms with Gasteiger partial charge in [0, 0.05) is 0 Å². The molecular weight excluding hydrogens is 430 g/mol. The summed E-state index contributed by atoms with van der Waals surface area (Å²) in [4.78, 5) is 12.3. The molecule has 1 aliphatic rings. The average Bonchev–Trinajstić information content (AvgIpc) is 2.98. The Kier molecular flexibility index (Phi) is 7.05. The summed E-state index contributed by atoms with van der Waals surface area (Å²) < 4.78 is 17.4. The van der Waals surface area contributed by atoms with E-state index in [4.69, 9.17) is 38.0 Å². The molecule has 1 N–H and O–H groups in total. The first kappa shape index (κ1) is 21.5. The lowest BCUT2D eigenvalue weighted by molar-refractivity contribution is -0.115. The smallest absolute Gasteiger partial charge is 0.263 e. The van der Waals surface area contributed by atoms with Crippen LogP contribution in [-0.4, -0.2) is 30.6 Å². The van der Waals surface area contributed by atoms with Crippen molar-refractivity contribution in [2.24, 2.45) is 0 Å². The van der Waals surface area contributed by atoms with Gasteiger partial charge in [-0.05, 0) is 49.2 Å². The zero-order valence-corrected chi connectivity index (χ0v) is 18.6. The van der Waals surface area contributed by atoms with Crippen molar-refractivity contribution >= 4 is 51.9 Å². The summed E-state index contributed by atoms with van der Waals surface area (Å²) >= 11 is 12.6. The molecule has 0 atom stereocenters. The second kappa shape index (κ2) is 9.52. The monoisotopic (exact) mass is 449 g/mol. The lowest BCUT2D eigenvalue weighted by atomic mass is 10.1. The summed E-state index contributed by atoms with van der Waals surface area (Å²) in [6, 6.07) is 9.50. The first-order chi connectivity index (χ1) is 13.9. The minimum absolute atomic E-state index is 0.223. The van der Waals surface area contributed by atoms with E-state index in [-0.39, 0.29) is 5.91 Å². The SMILES string of the molecule is COc1cc(C=C2SC(=S)NC2=O)cc(Cl)c1OCCOc1ccc(C)cc1C. The Labute approximate surface area is 184 Å². The second-order valence-corrected chi connectivity index (χ2v) is 8.48. The minimum Gasteiger partial charge on any atom is -0.493 e. The van der Waals surface area contributed by atoms with Crippen LogP contribution >= 0.6 is 35.6 Å². The molecule has 1 aliphatic heterocycles. The maximum Gasteiger partial charge on any atom is 0.263 e. The summed E-state index contributed by atoms with van der Waals surface area (Å²) in [5.41, 5.74) is 2.98. The van der Waals surface area contributed by atoms with E-state index in [1.807, 2.05) is 26.0 Å². The number of carbonyl (C=O) groups excluding carboxylic acids is 1. The fraction of sp³-hybridized carbons (Fsp3) is 0.238. The molecule has 5 nitrogen and oxygen atoms in total. The summed E-state index contributed by atoms with van der Waals surface area (Å²) in [5, 5.41) is 2.96. The first-order valence-corrected chi connectivity index (χ1v) is 10.4. The molecule has 0 bridgehead atoms. The number of amides is 1. The van der Waals surface area contributed by atoms with Gasteiger partial charge in [0.2, 0.25) is 0 Å². The van der Waals surface area contributed by atoms with Gasteiger partial charge < -0.3 is 19.5 Å². The molecule has 3 rings (SSSR count). The number of thiocarbonyl (C=S) groups is 1. The molecule has 152 valence electrons. The highest BCUT2D eigenvalue weighted by atomic mass is 35.5. The van der Waals surface area contributed by atoms with Gasteiger partial charge in [-0.15, -0.1) is 0 Å². The number of nitrogens with one attached hydrogen (secondary N) is 1. The van der Waals surface area contributed by atoms with Gasteiger partial charge in [0.1, 0.15) is 23.3 Å². The molecule has 1 heterocycles. The predicted octanol–water partition coefficient (Wildman–Crippen LogP) is 4.91. The lowest BCUT2D eigenvalue weighted by Gasteiger charge is -2.14. The van der Waals surface area contributed by atoms with Gasteiger partial charge in [0.05, 0.1) is 17.0 Å². The number of halogens is 1. The zero-order chi connectivity index (χ0) is 21.0. The molecule has 2 aromatic carbocycles. The van der Waals surface area contributed by atoms with Crippen LogP contribution < -0.4 is 19.5 Å². The molecule has 8 heteroatoms. The number of carbonyl (C=O) groups is 1. The summed E-state index contributed by atoms with van der Waals surface area (Å²) in [5.74, 6) is 1.50. The average molecular weight is 450 g/mol. The Morgan fingerprint density at radius 3 is 2.55 bits per heavy atom. The van der Waals surface area contributed by atoms with Crippen molar-refractivity contribution in [2.45, 2.75) is 13.8 Å². The molecule has 1 amide bonds. The topological polar surface area (TPSA) is 56.8 Å². The number of ether oxygens (including phenoxy) is 3. The number of aryl methyl sites for hydroxylation is 2. The maximum atomic E-state index is 11.8. The van der Waals surface area contributed by atoms with Gasteiger partial charge >= 0.3 is 0 Å². The molecule has 2 aromatic rings. The van der Waals surface area contributed by atoms with E-state index in [0.717, 1.165) is 11.3 Å². The standard InChI is InChI=1S/C21H20ClNO4S2/c1-12-4-5-16(13(2)8-12)26-6-7-27-19-15(22)9-14(10-17(19)25-3)11-18-20(24)23-21(28)29-18/h4-5,8-11H,6-7H2,1-3H3,(H,23,24,28). The van der Waals surface area contributed by atoms with E-state index in [0.29, 0.717) is 44.5 Å². The largest absolute Gasteiger partial charge is 0.493 e. The summed E-state index contributed by atoms with van der Waals surface area (Å²) in [6.07, 6.45) is 1.71. The molecule has 1 saturated heterocycles. The molecule has 0 aliphatic carbocycles. The fourth-order valence-electron chi connectivity index (χ4n) is 2.79. The Hall–Kier alpha value is -2.22. The summed E-state index contributed by atoms with van der Waals surface area (Å²) in [6.45, 7) is 4.71. The highest BCUT2D eigenvalue weighted by molar-refractivity contribution is 8.26. The number of hydrogen-bond acceptors (Lipinski definition) is 6. The Morgan fingerprint density at radius 1 is 1.14 bits per heavy atom. The highest BCUT2D eigenvalue weighted by Gasteiger charge is 2.22. The number of thioether (sulfide) groups is 1. The Morgan fingerprint density at radius 2 is 1.90 bits per heavy atom. The van der Waals surface area contributed by atoms with Crippen LogP contribution in [0.4, 0.5) is 0 Å². The molecular formula is C21H20ClNO4S2. The van der Waals surface area contributed by atoms with E-state index in [9.17, 15) is 4.79 Å². The number of methoxy groups -OCH3 is 1. The first-order valence-electron chi connectivity index (χ1n) is 8.82. The third-order valence-electron chi connectivity index (χ3n) is 4.11. The van der Waals surface area contributed by atoms with Crippen LogP contribution in [0.3, 0.4) is 0 Å². The maximum absolute atomic E-state index is 11.8. The minimum atomic E-state index is -0.223. The molecule has 1 fully saturated rings. The van der Waals surface area contributed by atoms with Crippen LogP contribution in [0.25, 0.3) is 6.08 Å². The van der Waals surface area contributed by atoms with Crippen LogP contribution in [0.5, 0.6) is 17.2 Å². The van der Waals surface area contributed by atoms with Crippen molar-refractivity contribution < 1.29 is 19.0 Å². The van der Waals surface area contributed by atoms with E-state index < -0.39 is 0 Å². The van der Waals surface area contributed by atoms with Crippen LogP contribution in [-0.2, 0) is 4.79 Å². The predicted molar refractivity (Wildman–Crippen MR) is 121 cm³/mol. The van der Waals surface area contributed by atoms with Gasteiger partial charge in [-0.25, -0.2) is 0 Å². The van der Waals surface area contributed by atoms with Crippen LogP contribution in [0.1, 0.15) is 16.7 Å². The normalized spacial score (nSPS) is 14.8. The van der Waals surface area contributed by atoms with Crippen molar-refractivity contribution in [2.75, 3.05) is 20.3 Å². The molecule has 0 unspecified atom stereocenters. The van der Waals surface area contributed by atoms with Gasteiger partial charge in [-0.3, -0.25) is 4.79 Å². The van der Waals surface area contributed by atoms with E-state index >= 15 is 0 Å². The van der Waals surface area contributed by atoms with Crippen molar-refractivity contribution in [3.05, 3.63) is 56.9 Å². The van der Waals surface area contributed by atoms with Gasteiger partial charge in [0.15, 0.2) is 11.5 Å². The molecule has 0 spiro atoms. The van der Waals surface area contributed by atoms with Crippen molar-refractivity contribution in [3.63, 3.8) is 0 Å². The number of hydrogen-bond donors (Lipinski definition) is 1. The zero-order valence-electron chi connectivity index (χ0n) is 16.2. The second-order valence-electron chi connectivity index (χ2n) is 6.35. The van der Waals surface area contributed by atoms with Crippen molar-refractivity contribution in [1.82, 2.24) is 5.32 Å². The quantitative estimate of drug-likeness (QED) is 0.368. The van der Waals surface area contributed by atoms with E-state index in [1.165, 1.54) is 24.4 Å². The van der Waals surface area contributed by atoms with Gasteiger partial charge in [-0.2, -0.15) is 0 Å². The number of rotatable bonds is 7.